The molecule has 1 fully saturated rings. The minimum absolute atomic E-state index is 0.0905. The number of hydrogen-bond donors (Lipinski definition) is 2. The Morgan fingerprint density at radius 3 is 2.94 bits per heavy atom. The van der Waals surface area contributed by atoms with Crippen LogP contribution in [0.2, 0.25) is 0 Å². The average molecular weight is 224 g/mol. The van der Waals surface area contributed by atoms with Crippen LogP contribution >= 0.6 is 0 Å². The van der Waals surface area contributed by atoms with Crippen LogP contribution in [0.4, 0.5) is 15.8 Å². The number of aliphatic hydroxyl groups is 1. The molecule has 2 unspecified atom stereocenters. The van der Waals surface area contributed by atoms with E-state index in [4.69, 9.17) is 5.73 Å². The Balaban J connectivity index is 2.30. The Kier molecular flexibility index (Phi) is 3.01. The topological polar surface area (TPSA) is 49.5 Å². The normalized spacial score (nSPS) is 25.1. The van der Waals surface area contributed by atoms with Gasteiger partial charge in [-0.15, -0.1) is 0 Å². The molecule has 0 aromatic heterocycles. The summed E-state index contributed by atoms with van der Waals surface area (Å²) in [7, 11) is 0. The highest BCUT2D eigenvalue weighted by molar-refractivity contribution is 5.68. The quantitative estimate of drug-likeness (QED) is 0.750. The Labute approximate surface area is 94.7 Å². The van der Waals surface area contributed by atoms with Crippen LogP contribution in [0.3, 0.4) is 0 Å². The van der Waals surface area contributed by atoms with Crippen LogP contribution in [0.5, 0.6) is 0 Å². The Morgan fingerprint density at radius 1 is 1.56 bits per heavy atom. The molecule has 1 heterocycles. The summed E-state index contributed by atoms with van der Waals surface area (Å²) in [6.45, 7) is 3.08. The summed E-state index contributed by atoms with van der Waals surface area (Å²) >= 11 is 0. The number of nitrogens with two attached hydrogens (primary N) is 1. The molecule has 1 aromatic carbocycles. The van der Waals surface area contributed by atoms with E-state index in [9.17, 15) is 9.50 Å². The lowest BCUT2D eigenvalue weighted by molar-refractivity contribution is 0.245. The summed E-state index contributed by atoms with van der Waals surface area (Å²) in [5.74, 6) is 0.114. The van der Waals surface area contributed by atoms with Gasteiger partial charge in [0.1, 0.15) is 5.82 Å². The molecule has 0 spiro atoms. The van der Waals surface area contributed by atoms with Crippen LogP contribution in [-0.2, 0) is 0 Å². The summed E-state index contributed by atoms with van der Waals surface area (Å²) in [5, 5.41) is 9.36. The molecule has 1 saturated heterocycles. The van der Waals surface area contributed by atoms with Crippen LogP contribution < -0.4 is 10.6 Å². The zero-order valence-electron chi connectivity index (χ0n) is 9.36. The second-order valence-corrected chi connectivity index (χ2v) is 4.41. The number of hydrogen-bond acceptors (Lipinski definition) is 3. The van der Waals surface area contributed by atoms with Crippen molar-refractivity contribution in [1.29, 1.82) is 0 Å². The second kappa shape index (κ2) is 4.29. The first-order valence-corrected chi connectivity index (χ1v) is 5.56. The van der Waals surface area contributed by atoms with Gasteiger partial charge in [-0.05, 0) is 30.5 Å². The monoisotopic (exact) mass is 224 g/mol. The van der Waals surface area contributed by atoms with Crippen molar-refractivity contribution in [2.75, 3.05) is 23.8 Å². The highest BCUT2D eigenvalue weighted by Gasteiger charge is 2.31. The third kappa shape index (κ3) is 1.85. The molecule has 2 rings (SSSR count). The number of anilines is 2. The summed E-state index contributed by atoms with van der Waals surface area (Å²) in [5.41, 5.74) is 7.06. The maximum Gasteiger partial charge on any atom is 0.125 e. The number of nitrogens with zero attached hydrogens (tertiary/aromatic N) is 1. The number of halogens is 1. The first kappa shape index (κ1) is 11.2. The first-order chi connectivity index (χ1) is 7.63. The van der Waals surface area contributed by atoms with E-state index in [1.807, 2.05) is 0 Å². The molecular weight excluding hydrogens is 207 g/mol. The Morgan fingerprint density at radius 2 is 2.31 bits per heavy atom. The van der Waals surface area contributed by atoms with Gasteiger partial charge in [0.25, 0.3) is 0 Å². The van der Waals surface area contributed by atoms with E-state index in [2.05, 4.69) is 11.8 Å². The summed E-state index contributed by atoms with van der Waals surface area (Å²) < 4.78 is 12.9. The summed E-state index contributed by atoms with van der Waals surface area (Å²) in [4.78, 5) is 2.07. The lowest BCUT2D eigenvalue weighted by Gasteiger charge is -2.28. The van der Waals surface area contributed by atoms with E-state index < -0.39 is 0 Å². The molecule has 4 heteroatoms. The van der Waals surface area contributed by atoms with Gasteiger partial charge in [-0.2, -0.15) is 0 Å². The number of aliphatic hydroxyl groups excluding tert-OH is 1. The third-order valence-electron chi connectivity index (χ3n) is 3.37. The molecule has 0 radical (unpaired) electrons. The third-order valence-corrected chi connectivity index (χ3v) is 3.37. The molecule has 3 nitrogen and oxygen atoms in total. The van der Waals surface area contributed by atoms with Gasteiger partial charge in [0.15, 0.2) is 0 Å². The van der Waals surface area contributed by atoms with Gasteiger partial charge in [0, 0.05) is 6.54 Å². The molecule has 3 N–H and O–H groups in total. The van der Waals surface area contributed by atoms with Crippen LogP contribution in [0, 0.1) is 11.7 Å². The fourth-order valence-electron chi connectivity index (χ4n) is 2.37. The van der Waals surface area contributed by atoms with Gasteiger partial charge in [-0.3, -0.25) is 0 Å². The maximum atomic E-state index is 12.9. The van der Waals surface area contributed by atoms with Crippen molar-refractivity contribution in [3.05, 3.63) is 24.0 Å². The number of benzene rings is 1. The highest BCUT2D eigenvalue weighted by Crippen LogP contribution is 2.33. The van der Waals surface area contributed by atoms with Crippen LogP contribution in [0.25, 0.3) is 0 Å². The number of rotatable bonds is 2. The van der Waals surface area contributed by atoms with E-state index in [1.165, 1.54) is 12.1 Å². The van der Waals surface area contributed by atoms with Gasteiger partial charge < -0.3 is 15.7 Å². The fraction of sp³-hybridized carbons (Fsp3) is 0.500. The smallest absolute Gasteiger partial charge is 0.125 e. The highest BCUT2D eigenvalue weighted by atomic mass is 19.1. The standard InChI is InChI=1S/C12H17FN2O/c1-8-4-5-15(12(8)7-16)11-3-2-9(13)6-10(11)14/h2-3,6,8,12,16H,4-5,7,14H2,1H3. The van der Waals surface area contributed by atoms with E-state index in [1.54, 1.807) is 6.07 Å². The fourth-order valence-corrected chi connectivity index (χ4v) is 2.37. The van der Waals surface area contributed by atoms with Gasteiger partial charge in [0.2, 0.25) is 0 Å². The SMILES string of the molecule is CC1CCN(c2ccc(F)cc2N)C1CO. The number of nitrogen functional groups attached to an aromatic ring is 1. The molecule has 0 bridgehead atoms. The van der Waals surface area contributed by atoms with Crippen molar-refractivity contribution >= 4 is 11.4 Å². The molecule has 2 atom stereocenters. The van der Waals surface area contributed by atoms with E-state index in [0.717, 1.165) is 18.7 Å². The van der Waals surface area contributed by atoms with Gasteiger partial charge >= 0.3 is 0 Å². The molecule has 0 amide bonds. The second-order valence-electron chi connectivity index (χ2n) is 4.41. The lowest BCUT2D eigenvalue weighted by Crippen LogP contribution is -2.35. The van der Waals surface area contributed by atoms with Crippen molar-refractivity contribution in [2.24, 2.45) is 5.92 Å². The Bertz CT molecular complexity index is 383. The van der Waals surface area contributed by atoms with Crippen molar-refractivity contribution < 1.29 is 9.50 Å². The molecule has 88 valence electrons. The molecule has 16 heavy (non-hydrogen) atoms. The average Bonchev–Trinajstić information content (AvgIpc) is 2.59. The zero-order chi connectivity index (χ0) is 11.7. The van der Waals surface area contributed by atoms with Gasteiger partial charge in [-0.1, -0.05) is 6.92 Å². The minimum Gasteiger partial charge on any atom is -0.397 e. The first-order valence-electron chi connectivity index (χ1n) is 5.56. The van der Waals surface area contributed by atoms with Crippen LogP contribution in [-0.4, -0.2) is 24.3 Å². The van der Waals surface area contributed by atoms with Crippen molar-refractivity contribution in [3.63, 3.8) is 0 Å². The molecule has 1 aliphatic rings. The van der Waals surface area contributed by atoms with Crippen molar-refractivity contribution in [1.82, 2.24) is 0 Å². The Hall–Kier alpha value is -1.29. The molecule has 0 aliphatic carbocycles. The largest absolute Gasteiger partial charge is 0.397 e. The van der Waals surface area contributed by atoms with Crippen molar-refractivity contribution in [3.8, 4) is 0 Å². The maximum absolute atomic E-state index is 12.9. The van der Waals surface area contributed by atoms with Crippen LogP contribution in [0.15, 0.2) is 18.2 Å². The molecule has 0 saturated carbocycles. The molecule has 1 aliphatic heterocycles. The van der Waals surface area contributed by atoms with Gasteiger partial charge in [0.05, 0.1) is 24.0 Å². The predicted octanol–water partition coefficient (Wildman–Crippen LogP) is 1.61. The van der Waals surface area contributed by atoms with Crippen molar-refractivity contribution in [2.45, 2.75) is 19.4 Å². The minimum atomic E-state index is -0.325. The van der Waals surface area contributed by atoms with Gasteiger partial charge in [-0.25, -0.2) is 4.39 Å². The zero-order valence-corrected chi connectivity index (χ0v) is 9.36. The van der Waals surface area contributed by atoms with E-state index >= 15 is 0 Å². The molecule has 1 aromatic rings. The van der Waals surface area contributed by atoms with Crippen LogP contribution in [0.1, 0.15) is 13.3 Å². The van der Waals surface area contributed by atoms with E-state index in [0.29, 0.717) is 11.6 Å². The summed E-state index contributed by atoms with van der Waals surface area (Å²) in [6.07, 6.45) is 1.03. The molecular formula is C12H17FN2O. The predicted molar refractivity (Wildman–Crippen MR) is 62.8 cm³/mol. The lowest BCUT2D eigenvalue weighted by atomic mass is 10.0. The van der Waals surface area contributed by atoms with E-state index in [-0.39, 0.29) is 18.5 Å². The summed E-state index contributed by atoms with van der Waals surface area (Å²) in [6, 6.07) is 4.51.